The lowest BCUT2D eigenvalue weighted by atomic mass is 9.90. The maximum atomic E-state index is 15.0. The first kappa shape index (κ1) is 39.6. The molecule has 0 spiro atoms. The van der Waals surface area contributed by atoms with E-state index in [1.165, 1.54) is 4.90 Å². The minimum atomic E-state index is -4.01. The van der Waals surface area contributed by atoms with E-state index in [2.05, 4.69) is 19.8 Å². The second kappa shape index (κ2) is 14.7. The van der Waals surface area contributed by atoms with Gasteiger partial charge in [0.15, 0.2) is 23.0 Å². The van der Waals surface area contributed by atoms with Gasteiger partial charge in [0.1, 0.15) is 11.9 Å². The van der Waals surface area contributed by atoms with Gasteiger partial charge in [-0.25, -0.2) is 18.4 Å². The first-order chi connectivity index (χ1) is 26.4. The molecule has 2 amide bonds. The largest absolute Gasteiger partial charge is 0.471 e. The van der Waals surface area contributed by atoms with Crippen LogP contribution in [0.2, 0.25) is 0 Å². The Labute approximate surface area is 324 Å². The van der Waals surface area contributed by atoms with Crippen molar-refractivity contribution in [1.29, 1.82) is 0 Å². The normalized spacial score (nSPS) is 27.4. The van der Waals surface area contributed by atoms with Crippen molar-refractivity contribution >= 4 is 44.4 Å². The molecule has 0 unspecified atom stereocenters. The van der Waals surface area contributed by atoms with Gasteiger partial charge in [-0.2, -0.15) is 8.78 Å². The topological polar surface area (TPSA) is 179 Å². The Morgan fingerprint density at radius 1 is 1.09 bits per heavy atom. The fraction of sp³-hybridized carbons (Fsp3) is 0.575. The van der Waals surface area contributed by atoms with Gasteiger partial charge >= 0.3 is 0 Å². The number of nitrogens with zero attached hydrogens (tertiary/aromatic N) is 4. The third-order valence-electron chi connectivity index (χ3n) is 12.0. The number of amides is 2. The number of rotatable bonds is 9. The van der Waals surface area contributed by atoms with E-state index in [1.54, 1.807) is 45.0 Å². The van der Waals surface area contributed by atoms with Gasteiger partial charge in [0.2, 0.25) is 27.7 Å². The molecule has 300 valence electrons. The molecule has 7 rings (SSSR count). The van der Waals surface area contributed by atoms with Gasteiger partial charge in [0.25, 0.3) is 5.92 Å². The number of aryl methyl sites for hydroxylation is 1. The summed E-state index contributed by atoms with van der Waals surface area (Å²) in [6.45, 7) is 5.45. The fourth-order valence-corrected chi connectivity index (χ4v) is 9.26. The molecular formula is C40H47F2N5O8S. The molecule has 4 heterocycles. The number of aromatic nitrogens is 3. The highest BCUT2D eigenvalue weighted by Crippen LogP contribution is 2.57. The highest BCUT2D eigenvalue weighted by atomic mass is 32.2. The summed E-state index contributed by atoms with van der Waals surface area (Å²) in [5.74, 6) is -6.82. The third-order valence-corrected chi connectivity index (χ3v) is 14.2. The summed E-state index contributed by atoms with van der Waals surface area (Å²) in [7, 11) is -4.01. The number of alkyl halides is 2. The molecule has 0 radical (unpaired) electrons. The Kier molecular flexibility index (Phi) is 10.4. The smallest absolute Gasteiger partial charge is 0.292 e. The highest BCUT2D eigenvalue weighted by molar-refractivity contribution is 7.91. The highest BCUT2D eigenvalue weighted by Gasteiger charge is 2.62. The van der Waals surface area contributed by atoms with Crippen LogP contribution in [0.3, 0.4) is 0 Å². The maximum absolute atomic E-state index is 15.0. The Morgan fingerprint density at radius 3 is 2.46 bits per heavy atom. The summed E-state index contributed by atoms with van der Waals surface area (Å²) < 4.78 is 68.9. The molecule has 1 aromatic carbocycles. The van der Waals surface area contributed by atoms with Crippen LogP contribution in [-0.2, 0) is 30.3 Å². The number of ether oxygens (including phenoxy) is 1. The molecule has 2 aliphatic heterocycles. The third kappa shape index (κ3) is 7.72. The van der Waals surface area contributed by atoms with Gasteiger partial charge in [0, 0.05) is 37.7 Å². The molecule has 13 nitrogen and oxygen atoms in total. The van der Waals surface area contributed by atoms with Crippen molar-refractivity contribution in [2.45, 2.75) is 121 Å². The molecule has 5 atom stereocenters. The van der Waals surface area contributed by atoms with E-state index in [-0.39, 0.29) is 43.4 Å². The predicted octanol–water partition coefficient (Wildman–Crippen LogP) is 6.07. The summed E-state index contributed by atoms with van der Waals surface area (Å²) >= 11 is 0. The number of carbonyl (C=O) groups is 4. The van der Waals surface area contributed by atoms with Gasteiger partial charge in [-0.05, 0) is 77.3 Å². The van der Waals surface area contributed by atoms with Crippen LogP contribution in [0.1, 0.15) is 112 Å². The van der Waals surface area contributed by atoms with Gasteiger partial charge in [-0.3, -0.25) is 23.9 Å². The summed E-state index contributed by atoms with van der Waals surface area (Å²) in [6, 6.07) is 5.32. The molecule has 56 heavy (non-hydrogen) atoms. The van der Waals surface area contributed by atoms with Crippen molar-refractivity contribution < 1.29 is 45.6 Å². The number of Topliss-reactive ketones (excluding diaryl/α,β-unsaturated/α-hetero) is 2. The zero-order chi connectivity index (χ0) is 40.2. The Morgan fingerprint density at radius 2 is 1.80 bits per heavy atom. The summed E-state index contributed by atoms with van der Waals surface area (Å²) in [5, 5.41) is 3.92. The van der Waals surface area contributed by atoms with Crippen molar-refractivity contribution in [3.63, 3.8) is 0 Å². The molecule has 2 aliphatic carbocycles. The van der Waals surface area contributed by atoms with Crippen molar-refractivity contribution in [3.8, 4) is 5.88 Å². The van der Waals surface area contributed by atoms with Crippen LogP contribution in [0.5, 0.6) is 5.88 Å². The maximum Gasteiger partial charge on any atom is 0.292 e. The standard InChI is InChI=1S/C40H47F2N5O8S/c1-23-24(2)55-45-33(23)31(48)18-25-12-8-6-5-7-9-13-26-20-40(26,37(51)46-56(52,53)38(3)16-17-38)21-32(49)30-19-27(22-47(30)36(25)50)54-35-34(39(4,41)42)43-28-14-10-11-15-29(28)44-35/h9-11,13-15,25-27,30H,5-8,12,16-22H2,1-4H3,(H,46,51)/b13-9-/t25-,26-,27-,30+,40-/m1/s1. The van der Waals surface area contributed by atoms with Crippen molar-refractivity contribution in [1.82, 2.24) is 24.7 Å². The SMILES string of the molecule is Cc1onc(C(=O)C[C@H]2CCCCC/C=C\[C@@H]3C[C@@]3(C(=O)NS(=O)(=O)C3(C)CC3)CC(=O)[C@@H]3C[C@@H](Oc4nc5ccccc5nc4C(C)(F)F)CN3C2=O)c1C. The lowest BCUT2D eigenvalue weighted by Crippen LogP contribution is -2.47. The number of para-hydroxylation sites is 2. The number of hydrogen-bond donors (Lipinski definition) is 1. The predicted molar refractivity (Wildman–Crippen MR) is 199 cm³/mol. The number of carbonyl (C=O) groups excluding carboxylic acids is 4. The Balaban J connectivity index is 1.23. The van der Waals surface area contributed by atoms with Crippen LogP contribution >= 0.6 is 0 Å². The van der Waals surface area contributed by atoms with Crippen LogP contribution in [0.4, 0.5) is 8.78 Å². The molecule has 0 bridgehead atoms. The average Bonchev–Trinajstić information content (AvgIpc) is 3.97. The molecule has 1 saturated heterocycles. The molecule has 3 fully saturated rings. The summed E-state index contributed by atoms with van der Waals surface area (Å²) in [4.78, 5) is 66.6. The van der Waals surface area contributed by atoms with Gasteiger partial charge in [-0.15, -0.1) is 0 Å². The number of sulfonamides is 1. The molecule has 16 heteroatoms. The van der Waals surface area contributed by atoms with Crippen LogP contribution < -0.4 is 9.46 Å². The van der Waals surface area contributed by atoms with Gasteiger partial charge < -0.3 is 14.2 Å². The minimum Gasteiger partial charge on any atom is -0.471 e. The number of fused-ring (bicyclic) bond motifs is 3. The quantitative estimate of drug-likeness (QED) is 0.196. The molecule has 1 N–H and O–H groups in total. The van der Waals surface area contributed by atoms with E-state index < -0.39 is 85.0 Å². The monoisotopic (exact) mass is 795 g/mol. The van der Waals surface area contributed by atoms with Gasteiger partial charge in [-0.1, -0.05) is 42.3 Å². The lowest BCUT2D eigenvalue weighted by molar-refractivity contribution is -0.142. The first-order valence-corrected chi connectivity index (χ1v) is 20.8. The van der Waals surface area contributed by atoms with Crippen molar-refractivity contribution in [3.05, 3.63) is 59.1 Å². The van der Waals surface area contributed by atoms with Crippen LogP contribution in [0, 0.1) is 31.1 Å². The molecular weight excluding hydrogens is 749 g/mol. The second-order valence-corrected chi connectivity index (χ2v) is 18.5. The number of allylic oxidation sites excluding steroid dienone is 2. The van der Waals surface area contributed by atoms with E-state index in [0.717, 1.165) is 12.8 Å². The van der Waals surface area contributed by atoms with E-state index in [4.69, 9.17) is 9.26 Å². The summed E-state index contributed by atoms with van der Waals surface area (Å²) in [6.07, 6.45) is 6.32. The van der Waals surface area contributed by atoms with Gasteiger partial charge in [0.05, 0.1) is 33.8 Å². The number of benzene rings is 1. The van der Waals surface area contributed by atoms with Crippen LogP contribution in [-0.4, -0.2) is 75.3 Å². The lowest BCUT2D eigenvalue weighted by Gasteiger charge is -2.29. The minimum absolute atomic E-state index is 0.120. The number of halogens is 2. The number of hydrogen-bond acceptors (Lipinski definition) is 11. The van der Waals surface area contributed by atoms with Crippen molar-refractivity contribution in [2.24, 2.45) is 17.3 Å². The van der Waals surface area contributed by atoms with E-state index in [0.29, 0.717) is 55.9 Å². The first-order valence-electron chi connectivity index (χ1n) is 19.3. The zero-order valence-corrected chi connectivity index (χ0v) is 32.8. The van der Waals surface area contributed by atoms with Crippen molar-refractivity contribution in [2.75, 3.05) is 6.54 Å². The Hall–Kier alpha value is -4.60. The molecule has 3 aromatic rings. The average molecular weight is 796 g/mol. The molecule has 2 saturated carbocycles. The molecule has 4 aliphatic rings. The Bertz CT molecular complexity index is 2210. The summed E-state index contributed by atoms with van der Waals surface area (Å²) in [5.41, 5.74) is -0.831. The van der Waals surface area contributed by atoms with Crippen LogP contribution in [0.15, 0.2) is 40.9 Å². The van der Waals surface area contributed by atoms with E-state index in [1.807, 2.05) is 12.2 Å². The number of ketones is 2. The van der Waals surface area contributed by atoms with E-state index in [9.17, 15) is 36.4 Å². The number of nitrogens with one attached hydrogen (secondary N) is 1. The van der Waals surface area contributed by atoms with Crippen LogP contribution in [0.25, 0.3) is 11.0 Å². The molecule has 2 aromatic heterocycles. The van der Waals surface area contributed by atoms with E-state index >= 15 is 0 Å². The fourth-order valence-electron chi connectivity index (χ4n) is 7.93. The second-order valence-electron chi connectivity index (χ2n) is 16.3. The zero-order valence-electron chi connectivity index (χ0n) is 32.0.